The van der Waals surface area contributed by atoms with Crippen molar-refractivity contribution in [2.45, 2.75) is 39.8 Å². The topological polar surface area (TPSA) is 97.4 Å². The average Bonchev–Trinajstić information content (AvgIpc) is 3.47. The molecule has 1 fully saturated rings. The largest absolute Gasteiger partial charge is 0.487 e. The Morgan fingerprint density at radius 3 is 2.58 bits per heavy atom. The number of anilines is 2. The minimum atomic E-state index is -0.435. The van der Waals surface area contributed by atoms with Gasteiger partial charge < -0.3 is 24.5 Å². The monoisotopic (exact) mass is 610 g/mol. The number of aromatic amines is 1. The third-order valence-electron chi connectivity index (χ3n) is 8.24. The van der Waals surface area contributed by atoms with E-state index in [-0.39, 0.29) is 13.2 Å². The lowest BCUT2D eigenvalue weighted by Crippen LogP contribution is -2.32. The Balaban J connectivity index is 1.21. The van der Waals surface area contributed by atoms with Gasteiger partial charge in [-0.25, -0.2) is 4.39 Å². The Morgan fingerprint density at radius 2 is 1.82 bits per heavy atom. The number of hydrogen-bond acceptors (Lipinski definition) is 8. The van der Waals surface area contributed by atoms with E-state index in [0.29, 0.717) is 46.3 Å². The summed E-state index contributed by atoms with van der Waals surface area (Å²) in [7, 11) is 1.61. The molecule has 0 radical (unpaired) electrons. The smallest absolute Gasteiger partial charge is 0.232 e. The van der Waals surface area contributed by atoms with Gasteiger partial charge in [-0.1, -0.05) is 25.1 Å². The van der Waals surface area contributed by atoms with E-state index in [4.69, 9.17) is 19.2 Å². The van der Waals surface area contributed by atoms with E-state index in [1.165, 1.54) is 24.5 Å². The predicted molar refractivity (Wildman–Crippen MR) is 173 cm³/mol. The zero-order valence-electron chi connectivity index (χ0n) is 26.0. The van der Waals surface area contributed by atoms with Crippen molar-refractivity contribution in [1.29, 1.82) is 0 Å². The lowest BCUT2D eigenvalue weighted by Gasteiger charge is -2.30. The van der Waals surface area contributed by atoms with E-state index in [2.05, 4.69) is 44.2 Å². The number of nitrogens with zero attached hydrogens (tertiary/aromatic N) is 4. The number of halogens is 1. The maximum absolute atomic E-state index is 15.5. The molecule has 9 nitrogen and oxygen atoms in total. The number of hydrogen-bond donors (Lipinski definition) is 2. The molecule has 6 rings (SSSR count). The van der Waals surface area contributed by atoms with Crippen molar-refractivity contribution in [2.24, 2.45) is 5.92 Å². The number of nitrogens with one attached hydrogen (secondary N) is 2. The molecule has 1 saturated heterocycles. The number of likely N-dealkylation sites (tertiary alicyclic amines) is 1. The second-order valence-electron chi connectivity index (χ2n) is 11.6. The van der Waals surface area contributed by atoms with Crippen LogP contribution in [0, 0.1) is 18.7 Å². The number of rotatable bonds is 12. The second-order valence-corrected chi connectivity index (χ2v) is 11.6. The minimum absolute atomic E-state index is 0.250. The molecule has 10 heteroatoms. The Kier molecular flexibility index (Phi) is 9.52. The van der Waals surface area contributed by atoms with Crippen molar-refractivity contribution in [2.75, 3.05) is 38.7 Å². The van der Waals surface area contributed by atoms with Crippen molar-refractivity contribution in [3.05, 3.63) is 89.6 Å². The first-order valence-corrected chi connectivity index (χ1v) is 15.4. The molecule has 45 heavy (non-hydrogen) atoms. The fraction of sp³-hybridized carbons (Fsp3) is 0.343. The van der Waals surface area contributed by atoms with Crippen LogP contribution >= 0.6 is 0 Å². The van der Waals surface area contributed by atoms with Gasteiger partial charge in [0, 0.05) is 48.9 Å². The number of fused-ring (bicyclic) bond motifs is 1. The molecule has 3 aromatic heterocycles. The Morgan fingerprint density at radius 1 is 1.00 bits per heavy atom. The number of H-pyrrole nitrogens is 1. The van der Waals surface area contributed by atoms with Crippen LogP contribution in [0.3, 0.4) is 0 Å². The normalized spacial score (nSPS) is 14.1. The Labute approximate surface area is 262 Å². The summed E-state index contributed by atoms with van der Waals surface area (Å²) < 4.78 is 32.6. The molecule has 0 saturated carbocycles. The second kappa shape index (κ2) is 14.0. The SMILES string of the molecule is COCCOc1nc(Nc2ccc(CN3CCC(C)CC3)cc2)nc2[nH]cc(-c3ccc(OCc4ncccc4C)cc3F)c12. The summed E-state index contributed by atoms with van der Waals surface area (Å²) in [6.07, 6.45) is 5.95. The molecular weight excluding hydrogens is 571 g/mol. The molecule has 1 aliphatic rings. The van der Waals surface area contributed by atoms with Crippen molar-refractivity contribution in [3.63, 3.8) is 0 Å². The van der Waals surface area contributed by atoms with E-state index in [1.54, 1.807) is 31.6 Å². The van der Waals surface area contributed by atoms with Crippen LogP contribution in [0.25, 0.3) is 22.2 Å². The van der Waals surface area contributed by atoms with Crippen LogP contribution < -0.4 is 14.8 Å². The third kappa shape index (κ3) is 7.41. The summed E-state index contributed by atoms with van der Waals surface area (Å²) in [4.78, 5) is 19.4. The highest BCUT2D eigenvalue weighted by atomic mass is 19.1. The highest BCUT2D eigenvalue weighted by Crippen LogP contribution is 2.37. The highest BCUT2D eigenvalue weighted by molar-refractivity contribution is 5.98. The molecule has 4 heterocycles. The molecule has 0 unspecified atom stereocenters. The van der Waals surface area contributed by atoms with Gasteiger partial charge in [0.25, 0.3) is 0 Å². The van der Waals surface area contributed by atoms with E-state index in [0.717, 1.165) is 42.5 Å². The summed E-state index contributed by atoms with van der Waals surface area (Å²) in [5, 5.41) is 3.88. The molecule has 1 aliphatic heterocycles. The van der Waals surface area contributed by atoms with E-state index in [9.17, 15) is 0 Å². The molecule has 2 N–H and O–H groups in total. The molecule has 2 aromatic carbocycles. The van der Waals surface area contributed by atoms with E-state index in [1.807, 2.05) is 31.2 Å². The lowest BCUT2D eigenvalue weighted by atomic mass is 9.99. The first-order valence-electron chi connectivity index (χ1n) is 15.4. The molecule has 0 amide bonds. The van der Waals surface area contributed by atoms with Crippen molar-refractivity contribution >= 4 is 22.7 Å². The van der Waals surface area contributed by atoms with Crippen LogP contribution in [-0.2, 0) is 17.9 Å². The number of aromatic nitrogens is 4. The Hall–Kier alpha value is -4.54. The van der Waals surface area contributed by atoms with Crippen LogP contribution in [0.1, 0.15) is 36.6 Å². The quantitative estimate of drug-likeness (QED) is 0.145. The highest BCUT2D eigenvalue weighted by Gasteiger charge is 2.20. The predicted octanol–water partition coefficient (Wildman–Crippen LogP) is 7.05. The van der Waals surface area contributed by atoms with Gasteiger partial charge in [0.15, 0.2) is 0 Å². The maximum atomic E-state index is 15.5. The van der Waals surface area contributed by atoms with Crippen LogP contribution in [0.5, 0.6) is 11.6 Å². The Bertz CT molecular complexity index is 1730. The van der Waals surface area contributed by atoms with Gasteiger partial charge in [-0.3, -0.25) is 9.88 Å². The van der Waals surface area contributed by atoms with E-state index >= 15 is 4.39 Å². The fourth-order valence-electron chi connectivity index (χ4n) is 5.52. The summed E-state index contributed by atoms with van der Waals surface area (Å²) in [6, 6.07) is 17.0. The molecule has 0 atom stereocenters. The van der Waals surface area contributed by atoms with Gasteiger partial charge in [0.05, 0.1) is 17.7 Å². The summed E-state index contributed by atoms with van der Waals surface area (Å²) in [6.45, 7) is 8.44. The van der Waals surface area contributed by atoms with Crippen molar-refractivity contribution < 1.29 is 18.6 Å². The standard InChI is InChI=1S/C35H39FN6O3/c1-23-12-15-42(16-13-23)21-25-6-8-26(9-7-25)39-35-40-33-32(34(41-35)44-18-17-43-3)29(20-38-33)28-11-10-27(19-30(28)36)45-22-31-24(2)5-4-14-37-31/h4-11,14,19-20,23H,12-13,15-18,21-22H2,1-3H3,(H2,38,39,40,41). The lowest BCUT2D eigenvalue weighted by molar-refractivity contribution is 0.144. The van der Waals surface area contributed by atoms with E-state index < -0.39 is 5.82 Å². The fourth-order valence-corrected chi connectivity index (χ4v) is 5.52. The molecule has 0 spiro atoms. The van der Waals surface area contributed by atoms with Crippen LogP contribution in [0.4, 0.5) is 16.0 Å². The molecule has 0 bridgehead atoms. The van der Waals surface area contributed by atoms with Gasteiger partial charge >= 0.3 is 0 Å². The first kappa shape index (κ1) is 30.5. The zero-order valence-corrected chi connectivity index (χ0v) is 26.0. The number of piperidine rings is 1. The number of pyridine rings is 1. The summed E-state index contributed by atoms with van der Waals surface area (Å²) in [5.41, 5.74) is 5.45. The number of aryl methyl sites for hydroxylation is 1. The van der Waals surface area contributed by atoms with Crippen molar-refractivity contribution in [3.8, 4) is 22.8 Å². The van der Waals surface area contributed by atoms with Gasteiger partial charge in [0.1, 0.15) is 30.4 Å². The van der Waals surface area contributed by atoms with Gasteiger partial charge in [-0.2, -0.15) is 9.97 Å². The van der Waals surface area contributed by atoms with Gasteiger partial charge in [-0.05, 0) is 80.2 Å². The molecular formula is C35H39FN6O3. The van der Waals surface area contributed by atoms with Crippen LogP contribution in [0.15, 0.2) is 67.0 Å². The third-order valence-corrected chi connectivity index (χ3v) is 8.24. The van der Waals surface area contributed by atoms with Crippen molar-refractivity contribution in [1.82, 2.24) is 24.8 Å². The van der Waals surface area contributed by atoms with Gasteiger partial charge in [-0.15, -0.1) is 0 Å². The molecule has 0 aliphatic carbocycles. The first-order chi connectivity index (χ1) is 22.0. The number of benzene rings is 2. The molecule has 5 aromatic rings. The van der Waals surface area contributed by atoms with Crippen LogP contribution in [0.2, 0.25) is 0 Å². The average molecular weight is 611 g/mol. The molecule has 234 valence electrons. The number of methoxy groups -OCH3 is 1. The van der Waals surface area contributed by atoms with Crippen LogP contribution in [-0.4, -0.2) is 58.2 Å². The summed E-state index contributed by atoms with van der Waals surface area (Å²) >= 11 is 0. The zero-order chi connectivity index (χ0) is 31.2. The van der Waals surface area contributed by atoms with Gasteiger partial charge in [0.2, 0.25) is 11.8 Å². The maximum Gasteiger partial charge on any atom is 0.232 e. The minimum Gasteiger partial charge on any atom is -0.487 e. The summed E-state index contributed by atoms with van der Waals surface area (Å²) in [5.74, 6) is 1.50. The number of ether oxygens (including phenoxy) is 3.